The number of rotatable bonds is 5. The lowest BCUT2D eigenvalue weighted by atomic mass is 10.0. The summed E-state index contributed by atoms with van der Waals surface area (Å²) in [6.07, 6.45) is 6.84. The van der Waals surface area contributed by atoms with Crippen molar-refractivity contribution in [3.63, 3.8) is 0 Å². The van der Waals surface area contributed by atoms with Crippen molar-refractivity contribution >= 4 is 22.4 Å². The van der Waals surface area contributed by atoms with Gasteiger partial charge < -0.3 is 15.1 Å². The Morgan fingerprint density at radius 1 is 1.12 bits per heavy atom. The van der Waals surface area contributed by atoms with E-state index in [1.54, 1.807) is 11.3 Å². The molecule has 3 aliphatic rings. The Bertz CT molecular complexity index is 531. The van der Waals surface area contributed by atoms with Crippen LogP contribution in [0.1, 0.15) is 25.7 Å². The predicted octanol–water partition coefficient (Wildman–Crippen LogP) is 1.01. The van der Waals surface area contributed by atoms with E-state index in [4.69, 9.17) is 0 Å². The third-order valence-corrected chi connectivity index (χ3v) is 6.22. The lowest BCUT2D eigenvalue weighted by Gasteiger charge is -2.35. The van der Waals surface area contributed by atoms with Gasteiger partial charge in [0.2, 0.25) is 5.91 Å². The van der Waals surface area contributed by atoms with Gasteiger partial charge in [0, 0.05) is 62.9 Å². The molecule has 1 aromatic rings. The standard InChI is InChI=1S/C17H27N5OS/c23-16(19-14-3-6-21(7-4-14)15-1-2-15)13-20-8-10-22(11-9-20)17-18-5-12-24-17/h5,12,14-15H,1-4,6-11,13H2,(H,19,23). The fourth-order valence-corrected chi connectivity index (χ4v) is 4.49. The number of piperazine rings is 1. The molecule has 1 N–H and O–H groups in total. The number of nitrogens with one attached hydrogen (secondary N) is 1. The van der Waals surface area contributed by atoms with Crippen LogP contribution in [0, 0.1) is 0 Å². The lowest BCUT2D eigenvalue weighted by Crippen LogP contribution is -2.52. The predicted molar refractivity (Wildman–Crippen MR) is 96.5 cm³/mol. The van der Waals surface area contributed by atoms with Gasteiger partial charge in [0.25, 0.3) is 0 Å². The smallest absolute Gasteiger partial charge is 0.234 e. The van der Waals surface area contributed by atoms with Crippen molar-refractivity contribution in [2.75, 3.05) is 50.7 Å². The number of thiazole rings is 1. The molecule has 3 fully saturated rings. The zero-order valence-corrected chi connectivity index (χ0v) is 15.0. The summed E-state index contributed by atoms with van der Waals surface area (Å²) in [6.45, 7) is 6.64. The molecule has 24 heavy (non-hydrogen) atoms. The maximum absolute atomic E-state index is 12.3. The highest BCUT2D eigenvalue weighted by Crippen LogP contribution is 2.29. The second kappa shape index (κ2) is 7.37. The van der Waals surface area contributed by atoms with E-state index < -0.39 is 0 Å². The zero-order chi connectivity index (χ0) is 16.4. The number of piperidine rings is 1. The zero-order valence-electron chi connectivity index (χ0n) is 14.2. The molecule has 0 atom stereocenters. The van der Waals surface area contributed by atoms with Gasteiger partial charge in [0.05, 0.1) is 6.54 Å². The molecule has 0 spiro atoms. The average molecular weight is 350 g/mol. The van der Waals surface area contributed by atoms with Crippen LogP contribution < -0.4 is 10.2 Å². The van der Waals surface area contributed by atoms with Crippen molar-refractivity contribution in [2.24, 2.45) is 0 Å². The van der Waals surface area contributed by atoms with E-state index >= 15 is 0 Å². The maximum Gasteiger partial charge on any atom is 0.234 e. The Kier molecular flexibility index (Phi) is 5.01. The maximum atomic E-state index is 12.3. The number of hydrogen-bond acceptors (Lipinski definition) is 6. The van der Waals surface area contributed by atoms with Crippen LogP contribution in [0.25, 0.3) is 0 Å². The molecular formula is C17H27N5OS. The minimum Gasteiger partial charge on any atom is -0.352 e. The molecule has 4 rings (SSSR count). The molecule has 1 aromatic heterocycles. The van der Waals surface area contributed by atoms with Gasteiger partial charge in [-0.1, -0.05) is 0 Å². The first kappa shape index (κ1) is 16.3. The molecular weight excluding hydrogens is 322 g/mol. The van der Waals surface area contributed by atoms with E-state index in [-0.39, 0.29) is 5.91 Å². The summed E-state index contributed by atoms with van der Waals surface area (Å²) in [5.74, 6) is 0.197. The molecule has 0 unspecified atom stereocenters. The molecule has 2 saturated heterocycles. The summed E-state index contributed by atoms with van der Waals surface area (Å²) < 4.78 is 0. The third kappa shape index (κ3) is 4.07. The lowest BCUT2D eigenvalue weighted by molar-refractivity contribution is -0.123. The Balaban J connectivity index is 1.16. The number of carbonyl (C=O) groups is 1. The van der Waals surface area contributed by atoms with Crippen molar-refractivity contribution in [3.05, 3.63) is 11.6 Å². The largest absolute Gasteiger partial charge is 0.352 e. The number of aromatic nitrogens is 1. The second-order valence-electron chi connectivity index (χ2n) is 7.19. The molecule has 6 nitrogen and oxygen atoms in total. The molecule has 1 aliphatic carbocycles. The van der Waals surface area contributed by atoms with E-state index in [9.17, 15) is 4.79 Å². The van der Waals surface area contributed by atoms with Crippen LogP contribution in [0.15, 0.2) is 11.6 Å². The number of amides is 1. The van der Waals surface area contributed by atoms with Gasteiger partial charge in [-0.15, -0.1) is 11.3 Å². The number of nitrogens with zero attached hydrogens (tertiary/aromatic N) is 4. The van der Waals surface area contributed by atoms with Crippen LogP contribution in [-0.4, -0.2) is 78.6 Å². The van der Waals surface area contributed by atoms with Crippen molar-refractivity contribution < 1.29 is 4.79 Å². The average Bonchev–Trinajstić information content (AvgIpc) is 3.30. The van der Waals surface area contributed by atoms with Crippen LogP contribution >= 0.6 is 11.3 Å². The van der Waals surface area contributed by atoms with Gasteiger partial charge >= 0.3 is 0 Å². The van der Waals surface area contributed by atoms with E-state index in [2.05, 4.69) is 25.0 Å². The molecule has 2 aliphatic heterocycles. The van der Waals surface area contributed by atoms with Crippen molar-refractivity contribution in [1.82, 2.24) is 20.1 Å². The van der Waals surface area contributed by atoms with Gasteiger partial charge in [-0.2, -0.15) is 0 Å². The Morgan fingerprint density at radius 2 is 1.88 bits per heavy atom. The fraction of sp³-hybridized carbons (Fsp3) is 0.765. The summed E-state index contributed by atoms with van der Waals surface area (Å²) in [5.41, 5.74) is 0. The van der Waals surface area contributed by atoms with Crippen LogP contribution in [0.3, 0.4) is 0 Å². The summed E-state index contributed by atoms with van der Waals surface area (Å²) in [4.78, 5) is 23.9. The third-order valence-electron chi connectivity index (χ3n) is 5.39. The number of carbonyl (C=O) groups excluding carboxylic acids is 1. The Hall–Kier alpha value is -1.18. The number of hydrogen-bond donors (Lipinski definition) is 1. The summed E-state index contributed by atoms with van der Waals surface area (Å²) in [6, 6.07) is 1.24. The minimum absolute atomic E-state index is 0.197. The summed E-state index contributed by atoms with van der Waals surface area (Å²) in [5, 5.41) is 6.37. The minimum atomic E-state index is 0.197. The highest BCUT2D eigenvalue weighted by atomic mass is 32.1. The second-order valence-corrected chi connectivity index (χ2v) is 8.06. The van der Waals surface area contributed by atoms with Crippen molar-refractivity contribution in [1.29, 1.82) is 0 Å². The quantitative estimate of drug-likeness (QED) is 0.860. The van der Waals surface area contributed by atoms with Crippen LogP contribution in [0.5, 0.6) is 0 Å². The van der Waals surface area contributed by atoms with Gasteiger partial charge in [0.1, 0.15) is 0 Å². The number of likely N-dealkylation sites (tertiary alicyclic amines) is 1. The van der Waals surface area contributed by atoms with Gasteiger partial charge in [-0.3, -0.25) is 9.69 Å². The molecule has 7 heteroatoms. The summed E-state index contributed by atoms with van der Waals surface area (Å²) in [7, 11) is 0. The molecule has 1 amide bonds. The normalized spacial score (nSPS) is 24.2. The van der Waals surface area contributed by atoms with E-state index in [0.29, 0.717) is 12.6 Å². The molecule has 0 radical (unpaired) electrons. The highest BCUT2D eigenvalue weighted by molar-refractivity contribution is 7.13. The van der Waals surface area contributed by atoms with Gasteiger partial charge in [-0.05, 0) is 25.7 Å². The monoisotopic (exact) mass is 349 g/mol. The fourth-order valence-electron chi connectivity index (χ4n) is 3.79. The summed E-state index contributed by atoms with van der Waals surface area (Å²) >= 11 is 1.69. The van der Waals surface area contributed by atoms with Crippen LogP contribution in [0.2, 0.25) is 0 Å². The van der Waals surface area contributed by atoms with Crippen LogP contribution in [-0.2, 0) is 4.79 Å². The first-order valence-corrected chi connectivity index (χ1v) is 10.1. The van der Waals surface area contributed by atoms with Crippen molar-refractivity contribution in [3.8, 4) is 0 Å². The Labute approximate surface area is 147 Å². The molecule has 1 saturated carbocycles. The van der Waals surface area contributed by atoms with E-state index in [0.717, 1.165) is 63.3 Å². The van der Waals surface area contributed by atoms with Gasteiger partial charge in [-0.25, -0.2) is 4.98 Å². The SMILES string of the molecule is O=C(CN1CCN(c2nccs2)CC1)NC1CCN(C2CC2)CC1. The molecule has 3 heterocycles. The first-order valence-electron chi connectivity index (χ1n) is 9.18. The number of anilines is 1. The Morgan fingerprint density at radius 3 is 2.50 bits per heavy atom. The topological polar surface area (TPSA) is 51.7 Å². The van der Waals surface area contributed by atoms with Crippen LogP contribution in [0.4, 0.5) is 5.13 Å². The van der Waals surface area contributed by atoms with E-state index in [1.807, 2.05) is 11.6 Å². The van der Waals surface area contributed by atoms with Crippen molar-refractivity contribution in [2.45, 2.75) is 37.8 Å². The molecule has 0 bridgehead atoms. The van der Waals surface area contributed by atoms with Gasteiger partial charge in [0.15, 0.2) is 5.13 Å². The first-order chi connectivity index (χ1) is 11.8. The van der Waals surface area contributed by atoms with E-state index in [1.165, 1.54) is 12.8 Å². The highest BCUT2D eigenvalue weighted by Gasteiger charge is 2.32. The molecule has 132 valence electrons. The molecule has 0 aromatic carbocycles.